The first-order valence-electron chi connectivity index (χ1n) is 10.4. The van der Waals surface area contributed by atoms with Gasteiger partial charge in [-0.2, -0.15) is 0 Å². The Morgan fingerprint density at radius 1 is 1.06 bits per heavy atom. The van der Waals surface area contributed by atoms with Crippen molar-refractivity contribution in [3.8, 4) is 0 Å². The van der Waals surface area contributed by atoms with Gasteiger partial charge in [0.25, 0.3) is 11.8 Å². The van der Waals surface area contributed by atoms with E-state index in [0.717, 1.165) is 12.8 Å². The van der Waals surface area contributed by atoms with Crippen molar-refractivity contribution in [1.82, 2.24) is 4.90 Å². The van der Waals surface area contributed by atoms with Gasteiger partial charge in [-0.05, 0) is 31.0 Å². The number of anilines is 1. The molecule has 7 nitrogen and oxygen atoms in total. The summed E-state index contributed by atoms with van der Waals surface area (Å²) in [5.41, 5.74) is -0.155. The van der Waals surface area contributed by atoms with Crippen LogP contribution in [-0.4, -0.2) is 43.0 Å². The first kappa shape index (κ1) is 18.3. The lowest BCUT2D eigenvalue weighted by Gasteiger charge is -2.35. The monoisotopic (exact) mass is 416 g/mol. The summed E-state index contributed by atoms with van der Waals surface area (Å²) in [5, 5.41) is 0.354. The number of nitrogens with zero attached hydrogens (tertiary/aromatic N) is 2. The van der Waals surface area contributed by atoms with E-state index in [0.29, 0.717) is 28.8 Å². The Labute approximate surface area is 177 Å². The molecular weight excluding hydrogens is 396 g/mol. The molecule has 3 aliphatic heterocycles. The highest BCUT2D eigenvalue weighted by atomic mass is 16.5. The van der Waals surface area contributed by atoms with Gasteiger partial charge in [0.2, 0.25) is 5.76 Å². The molecule has 1 aromatic heterocycles. The van der Waals surface area contributed by atoms with Crippen molar-refractivity contribution in [2.24, 2.45) is 0 Å². The molecule has 4 heterocycles. The van der Waals surface area contributed by atoms with Gasteiger partial charge in [-0.25, -0.2) is 0 Å². The maximum Gasteiger partial charge on any atom is 0.291 e. The van der Waals surface area contributed by atoms with Crippen LogP contribution in [0.2, 0.25) is 0 Å². The first-order chi connectivity index (χ1) is 15.0. The molecule has 6 rings (SSSR count). The minimum Gasteiger partial charge on any atom is -0.450 e. The molecule has 1 fully saturated rings. The highest BCUT2D eigenvalue weighted by molar-refractivity contribution is 6.16. The molecule has 3 aliphatic rings. The van der Waals surface area contributed by atoms with E-state index in [1.54, 1.807) is 31.3 Å². The molecule has 7 heteroatoms. The summed E-state index contributed by atoms with van der Waals surface area (Å²) < 4.78 is 11.8. The van der Waals surface area contributed by atoms with Gasteiger partial charge < -0.3 is 19.0 Å². The van der Waals surface area contributed by atoms with E-state index in [-0.39, 0.29) is 35.3 Å². The molecule has 0 unspecified atom stereocenters. The Kier molecular flexibility index (Phi) is 3.71. The standard InChI is InChI=1S/C24H20N2O5/c1-25-17-10-4-3-9-16(17)24(23(25)29)19-20(27)15-8-2-5-11-18(15)31-21(19)22(28)26(24)13-14-7-6-12-30-14/h2-5,8-11,14H,6-7,12-13H2,1H3/t14-,24-/m0/s1. The molecule has 31 heavy (non-hydrogen) atoms. The molecule has 0 saturated carbocycles. The Balaban J connectivity index is 1.70. The van der Waals surface area contributed by atoms with Crippen LogP contribution in [0.1, 0.15) is 34.5 Å². The number of rotatable bonds is 2. The molecule has 2 amide bonds. The van der Waals surface area contributed by atoms with Crippen LogP contribution in [0.25, 0.3) is 11.0 Å². The summed E-state index contributed by atoms with van der Waals surface area (Å²) in [7, 11) is 1.67. The fourth-order valence-corrected chi connectivity index (χ4v) is 5.28. The zero-order valence-corrected chi connectivity index (χ0v) is 17.0. The number of para-hydroxylation sites is 2. The van der Waals surface area contributed by atoms with Gasteiger partial charge in [0.15, 0.2) is 11.0 Å². The Hall–Kier alpha value is -3.45. The highest BCUT2D eigenvalue weighted by Crippen LogP contribution is 2.52. The van der Waals surface area contributed by atoms with E-state index in [1.807, 2.05) is 24.3 Å². The third-order valence-electron chi connectivity index (χ3n) is 6.68. The van der Waals surface area contributed by atoms with Crippen LogP contribution in [0, 0.1) is 0 Å². The molecule has 0 aliphatic carbocycles. The number of hydrogen-bond acceptors (Lipinski definition) is 5. The summed E-state index contributed by atoms with van der Waals surface area (Å²) in [4.78, 5) is 44.3. The zero-order chi connectivity index (χ0) is 21.3. The first-order valence-corrected chi connectivity index (χ1v) is 10.4. The number of likely N-dealkylation sites (N-methyl/N-ethyl adjacent to an activating group) is 1. The molecule has 0 bridgehead atoms. The van der Waals surface area contributed by atoms with Crippen LogP contribution in [0.5, 0.6) is 0 Å². The van der Waals surface area contributed by atoms with Gasteiger partial charge in [-0.15, -0.1) is 0 Å². The molecular formula is C24H20N2O5. The largest absolute Gasteiger partial charge is 0.450 e. The van der Waals surface area contributed by atoms with E-state index in [4.69, 9.17) is 9.15 Å². The van der Waals surface area contributed by atoms with Crippen LogP contribution in [0.4, 0.5) is 5.69 Å². The number of fused-ring (bicyclic) bond motifs is 5. The Morgan fingerprint density at radius 2 is 1.84 bits per heavy atom. The SMILES string of the molecule is CN1C(=O)[C@]2(c3ccccc31)c1c(oc3ccccc3c1=O)C(=O)N2C[C@@H]1CCCO1. The predicted molar refractivity (Wildman–Crippen MR) is 113 cm³/mol. The molecule has 1 saturated heterocycles. The van der Waals surface area contributed by atoms with Gasteiger partial charge in [0, 0.05) is 31.5 Å². The lowest BCUT2D eigenvalue weighted by atomic mass is 9.83. The second kappa shape index (κ2) is 6.28. The minimum absolute atomic E-state index is 0.0554. The molecule has 0 radical (unpaired) electrons. The van der Waals surface area contributed by atoms with Crippen LogP contribution < -0.4 is 10.3 Å². The zero-order valence-electron chi connectivity index (χ0n) is 17.0. The molecule has 3 aromatic rings. The van der Waals surface area contributed by atoms with Crippen molar-refractivity contribution in [1.29, 1.82) is 0 Å². The van der Waals surface area contributed by atoms with E-state index in [2.05, 4.69) is 0 Å². The van der Waals surface area contributed by atoms with Gasteiger partial charge >= 0.3 is 0 Å². The highest BCUT2D eigenvalue weighted by Gasteiger charge is 2.64. The summed E-state index contributed by atoms with van der Waals surface area (Å²) in [6, 6.07) is 14.1. The Bertz CT molecular complexity index is 1320. The summed E-state index contributed by atoms with van der Waals surface area (Å²) in [6.07, 6.45) is 1.51. The van der Waals surface area contributed by atoms with Crippen molar-refractivity contribution in [2.75, 3.05) is 25.1 Å². The summed E-state index contributed by atoms with van der Waals surface area (Å²) in [6.45, 7) is 0.838. The number of hydrogen-bond donors (Lipinski definition) is 0. The van der Waals surface area contributed by atoms with Crippen LogP contribution >= 0.6 is 0 Å². The maximum atomic E-state index is 13.9. The molecule has 2 atom stereocenters. The lowest BCUT2D eigenvalue weighted by molar-refractivity contribution is -0.126. The van der Waals surface area contributed by atoms with Crippen molar-refractivity contribution in [3.63, 3.8) is 0 Å². The Morgan fingerprint density at radius 3 is 2.65 bits per heavy atom. The van der Waals surface area contributed by atoms with Gasteiger partial charge in [-0.3, -0.25) is 14.4 Å². The second-order valence-corrected chi connectivity index (χ2v) is 8.27. The molecule has 0 N–H and O–H groups in total. The maximum absolute atomic E-state index is 13.9. The van der Waals surface area contributed by atoms with E-state index in [9.17, 15) is 14.4 Å². The smallest absolute Gasteiger partial charge is 0.291 e. The topological polar surface area (TPSA) is 80.1 Å². The van der Waals surface area contributed by atoms with Crippen LogP contribution in [-0.2, 0) is 15.1 Å². The van der Waals surface area contributed by atoms with E-state index < -0.39 is 11.4 Å². The van der Waals surface area contributed by atoms with Gasteiger partial charge in [0.1, 0.15) is 5.58 Å². The average Bonchev–Trinajstić information content (AvgIpc) is 3.45. The number of amides is 2. The van der Waals surface area contributed by atoms with Gasteiger partial charge in [-0.1, -0.05) is 30.3 Å². The predicted octanol–water partition coefficient (Wildman–Crippen LogP) is 2.65. The second-order valence-electron chi connectivity index (χ2n) is 8.27. The molecule has 2 aromatic carbocycles. The van der Waals surface area contributed by atoms with Gasteiger partial charge in [0.05, 0.1) is 17.1 Å². The quantitative estimate of drug-likeness (QED) is 0.642. The van der Waals surface area contributed by atoms with E-state index in [1.165, 1.54) is 9.80 Å². The lowest BCUT2D eigenvalue weighted by Crippen LogP contribution is -2.54. The third kappa shape index (κ3) is 2.19. The van der Waals surface area contributed by atoms with Crippen molar-refractivity contribution < 1.29 is 18.7 Å². The number of carbonyl (C=O) groups is 2. The van der Waals surface area contributed by atoms with E-state index >= 15 is 0 Å². The minimum atomic E-state index is -1.55. The van der Waals surface area contributed by atoms with Crippen LogP contribution in [0.3, 0.4) is 0 Å². The molecule has 156 valence electrons. The fraction of sp³-hybridized carbons (Fsp3) is 0.292. The number of benzene rings is 2. The number of ether oxygens (including phenoxy) is 1. The molecule has 1 spiro atoms. The van der Waals surface area contributed by atoms with Crippen molar-refractivity contribution in [2.45, 2.75) is 24.5 Å². The van der Waals surface area contributed by atoms with Crippen molar-refractivity contribution in [3.05, 3.63) is 75.6 Å². The summed E-state index contributed by atoms with van der Waals surface area (Å²) in [5.74, 6) is -0.840. The summed E-state index contributed by atoms with van der Waals surface area (Å²) >= 11 is 0. The number of carbonyl (C=O) groups excluding carboxylic acids is 2. The van der Waals surface area contributed by atoms with Crippen LogP contribution in [0.15, 0.2) is 57.7 Å². The van der Waals surface area contributed by atoms with Crippen molar-refractivity contribution >= 4 is 28.5 Å². The average molecular weight is 416 g/mol. The fourth-order valence-electron chi connectivity index (χ4n) is 5.28. The third-order valence-corrected chi connectivity index (χ3v) is 6.68. The normalized spacial score (nSPS) is 24.5.